The smallest absolute Gasteiger partial charge is 0.300 e. The van der Waals surface area contributed by atoms with Gasteiger partial charge in [-0.1, -0.05) is 29.8 Å². The minimum atomic E-state index is -0.755. The van der Waals surface area contributed by atoms with E-state index in [0.717, 1.165) is 10.4 Å². The third-order valence-electron chi connectivity index (χ3n) is 4.95. The van der Waals surface area contributed by atoms with Gasteiger partial charge in [0, 0.05) is 15.6 Å². The molecule has 0 aliphatic carbocycles. The van der Waals surface area contributed by atoms with E-state index >= 15 is 0 Å². The SMILES string of the molecule is COc1ccc(Cl)cc1/C(O)=C1/C(=O)C(=O)N(c2cccc(C)c2)C1c1cccs1. The zero-order valence-corrected chi connectivity index (χ0v) is 17.8. The predicted molar refractivity (Wildman–Crippen MR) is 118 cm³/mol. The number of thiophene rings is 1. The van der Waals surface area contributed by atoms with Crippen LogP contribution in [-0.4, -0.2) is 23.9 Å². The molecule has 30 heavy (non-hydrogen) atoms. The van der Waals surface area contributed by atoms with E-state index in [1.165, 1.54) is 29.4 Å². The van der Waals surface area contributed by atoms with Crippen LogP contribution in [0.15, 0.2) is 65.6 Å². The highest BCUT2D eigenvalue weighted by molar-refractivity contribution is 7.10. The topological polar surface area (TPSA) is 66.8 Å². The molecule has 1 aromatic heterocycles. The number of halogens is 1. The van der Waals surface area contributed by atoms with Crippen LogP contribution in [0, 0.1) is 6.92 Å². The summed E-state index contributed by atoms with van der Waals surface area (Å²) >= 11 is 7.53. The first-order valence-electron chi connectivity index (χ1n) is 9.17. The number of methoxy groups -OCH3 is 1. The second kappa shape index (κ2) is 7.97. The van der Waals surface area contributed by atoms with Gasteiger partial charge in [-0.05, 0) is 54.3 Å². The van der Waals surface area contributed by atoms with E-state index in [-0.39, 0.29) is 16.9 Å². The molecule has 152 valence electrons. The Morgan fingerprint density at radius 3 is 2.60 bits per heavy atom. The Morgan fingerprint density at radius 2 is 1.93 bits per heavy atom. The van der Waals surface area contributed by atoms with E-state index in [1.807, 2.05) is 42.6 Å². The normalized spacial score (nSPS) is 18.1. The van der Waals surface area contributed by atoms with Crippen LogP contribution >= 0.6 is 22.9 Å². The average molecular weight is 440 g/mol. The van der Waals surface area contributed by atoms with E-state index < -0.39 is 17.7 Å². The van der Waals surface area contributed by atoms with Gasteiger partial charge in [0.1, 0.15) is 17.6 Å². The number of aliphatic hydroxyl groups is 1. The Labute approximate surface area is 182 Å². The highest BCUT2D eigenvalue weighted by atomic mass is 35.5. The van der Waals surface area contributed by atoms with Gasteiger partial charge in [0.15, 0.2) is 0 Å². The number of aryl methyl sites for hydroxylation is 1. The molecule has 7 heteroatoms. The quantitative estimate of drug-likeness (QED) is 0.338. The molecule has 1 atom stereocenters. The molecule has 2 heterocycles. The number of carbonyl (C=O) groups excluding carboxylic acids is 2. The summed E-state index contributed by atoms with van der Waals surface area (Å²) in [6.07, 6.45) is 0. The lowest BCUT2D eigenvalue weighted by atomic mass is 9.99. The van der Waals surface area contributed by atoms with Crippen molar-refractivity contribution in [1.29, 1.82) is 0 Å². The van der Waals surface area contributed by atoms with Gasteiger partial charge >= 0.3 is 0 Å². The lowest BCUT2D eigenvalue weighted by Gasteiger charge is -2.24. The number of hydrogen-bond donors (Lipinski definition) is 1. The van der Waals surface area contributed by atoms with Crippen molar-refractivity contribution >= 4 is 46.1 Å². The van der Waals surface area contributed by atoms with Crippen molar-refractivity contribution in [3.8, 4) is 5.75 Å². The lowest BCUT2D eigenvalue weighted by Crippen LogP contribution is -2.29. The molecular weight excluding hydrogens is 422 g/mol. The van der Waals surface area contributed by atoms with Crippen molar-refractivity contribution < 1.29 is 19.4 Å². The maximum atomic E-state index is 13.1. The van der Waals surface area contributed by atoms with E-state index in [1.54, 1.807) is 18.2 Å². The summed E-state index contributed by atoms with van der Waals surface area (Å²) in [5.41, 5.74) is 1.81. The van der Waals surface area contributed by atoms with Crippen LogP contribution in [0.1, 0.15) is 22.0 Å². The van der Waals surface area contributed by atoms with Gasteiger partial charge in [0.25, 0.3) is 11.7 Å². The number of carbonyl (C=O) groups is 2. The number of amides is 1. The Kier molecular flexibility index (Phi) is 5.37. The third-order valence-corrected chi connectivity index (χ3v) is 6.11. The molecule has 1 N–H and O–H groups in total. The molecule has 1 amide bonds. The fourth-order valence-electron chi connectivity index (χ4n) is 3.60. The average Bonchev–Trinajstić information content (AvgIpc) is 3.34. The molecule has 2 aromatic carbocycles. The maximum absolute atomic E-state index is 13.1. The molecule has 1 saturated heterocycles. The first kappa shape index (κ1) is 20.2. The largest absolute Gasteiger partial charge is 0.507 e. The number of rotatable bonds is 4. The van der Waals surface area contributed by atoms with Crippen molar-refractivity contribution in [2.24, 2.45) is 0 Å². The molecule has 0 saturated carbocycles. The molecular formula is C23H18ClNO4S. The predicted octanol–water partition coefficient (Wildman–Crippen LogP) is 5.34. The summed E-state index contributed by atoms with van der Waals surface area (Å²) in [5, 5.41) is 13.4. The number of nitrogens with zero attached hydrogens (tertiary/aromatic N) is 1. The molecule has 4 rings (SSSR count). The van der Waals surface area contributed by atoms with Gasteiger partial charge < -0.3 is 9.84 Å². The number of Topliss-reactive ketones (excluding diaryl/α,β-unsaturated/α-hetero) is 1. The molecule has 3 aromatic rings. The minimum absolute atomic E-state index is 0.00419. The molecule has 1 unspecified atom stereocenters. The van der Waals surface area contributed by atoms with Gasteiger partial charge in [-0.15, -0.1) is 11.3 Å². The van der Waals surface area contributed by atoms with E-state index in [2.05, 4.69) is 0 Å². The molecule has 1 aliphatic rings. The minimum Gasteiger partial charge on any atom is -0.507 e. The zero-order chi connectivity index (χ0) is 21.4. The first-order valence-corrected chi connectivity index (χ1v) is 10.4. The van der Waals surface area contributed by atoms with Gasteiger partial charge in [0.2, 0.25) is 0 Å². The zero-order valence-electron chi connectivity index (χ0n) is 16.3. The van der Waals surface area contributed by atoms with Gasteiger partial charge in [0.05, 0.1) is 18.2 Å². The van der Waals surface area contributed by atoms with E-state index in [9.17, 15) is 14.7 Å². The number of ketones is 1. The lowest BCUT2D eigenvalue weighted by molar-refractivity contribution is -0.132. The van der Waals surface area contributed by atoms with Gasteiger partial charge in [-0.25, -0.2) is 0 Å². The van der Waals surface area contributed by atoms with Crippen LogP contribution in [0.2, 0.25) is 5.02 Å². The highest BCUT2D eigenvalue weighted by Crippen LogP contribution is 2.44. The van der Waals surface area contributed by atoms with Crippen LogP contribution in [0.4, 0.5) is 5.69 Å². The van der Waals surface area contributed by atoms with Crippen molar-refractivity contribution in [2.45, 2.75) is 13.0 Å². The van der Waals surface area contributed by atoms with Crippen LogP contribution in [0.5, 0.6) is 5.75 Å². The standard InChI is InChI=1S/C23H18ClNO4S/c1-13-5-3-6-15(11-13)25-20(18-7-4-10-30-18)19(22(27)23(25)28)21(26)16-12-14(24)8-9-17(16)29-2/h3-12,20,26H,1-2H3/b21-19-. The third kappa shape index (κ3) is 3.38. The molecule has 0 radical (unpaired) electrons. The summed E-state index contributed by atoms with van der Waals surface area (Å²) in [4.78, 5) is 28.4. The van der Waals surface area contributed by atoms with Crippen molar-refractivity contribution in [3.05, 3.63) is 86.6 Å². The van der Waals surface area contributed by atoms with E-state index in [0.29, 0.717) is 16.5 Å². The molecule has 0 spiro atoms. The Bertz CT molecular complexity index is 1170. The van der Waals surface area contributed by atoms with Gasteiger partial charge in [-0.3, -0.25) is 14.5 Å². The summed E-state index contributed by atoms with van der Waals surface area (Å²) in [6, 6.07) is 15.0. The second-order valence-electron chi connectivity index (χ2n) is 6.87. The summed E-state index contributed by atoms with van der Waals surface area (Å²) < 4.78 is 5.34. The number of aliphatic hydroxyl groups excluding tert-OH is 1. The van der Waals surface area contributed by atoms with Crippen molar-refractivity contribution in [2.75, 3.05) is 12.0 Å². The first-order chi connectivity index (χ1) is 14.4. The molecule has 1 aliphatic heterocycles. The fraction of sp³-hybridized carbons (Fsp3) is 0.130. The fourth-order valence-corrected chi connectivity index (χ4v) is 4.60. The summed E-state index contributed by atoms with van der Waals surface area (Å²) in [5.74, 6) is -1.42. The molecule has 1 fully saturated rings. The number of benzene rings is 2. The van der Waals surface area contributed by atoms with E-state index in [4.69, 9.17) is 16.3 Å². The van der Waals surface area contributed by atoms with Crippen molar-refractivity contribution in [1.82, 2.24) is 0 Å². The van der Waals surface area contributed by atoms with Crippen LogP contribution in [0.25, 0.3) is 5.76 Å². The number of hydrogen-bond acceptors (Lipinski definition) is 5. The number of anilines is 1. The Hall–Kier alpha value is -3.09. The Morgan fingerprint density at radius 1 is 1.13 bits per heavy atom. The van der Waals surface area contributed by atoms with Gasteiger partial charge in [-0.2, -0.15) is 0 Å². The van der Waals surface area contributed by atoms with Crippen molar-refractivity contribution in [3.63, 3.8) is 0 Å². The second-order valence-corrected chi connectivity index (χ2v) is 8.28. The summed E-state index contributed by atoms with van der Waals surface area (Å²) in [7, 11) is 1.46. The molecule has 5 nitrogen and oxygen atoms in total. The monoisotopic (exact) mass is 439 g/mol. The van der Waals surface area contributed by atoms with Crippen LogP contribution < -0.4 is 9.64 Å². The molecule has 0 bridgehead atoms. The number of ether oxygens (including phenoxy) is 1. The van der Waals surface area contributed by atoms with Crippen LogP contribution in [0.3, 0.4) is 0 Å². The summed E-state index contributed by atoms with van der Waals surface area (Å²) in [6.45, 7) is 1.91. The highest BCUT2D eigenvalue weighted by Gasteiger charge is 2.47. The maximum Gasteiger partial charge on any atom is 0.300 e. The Balaban J connectivity index is 1.97. The van der Waals surface area contributed by atoms with Crippen LogP contribution in [-0.2, 0) is 9.59 Å².